The number of hydrogen-bond acceptors (Lipinski definition) is 4. The molecule has 0 fully saturated rings. The average Bonchev–Trinajstić information content (AvgIpc) is 1.94. The highest BCUT2D eigenvalue weighted by atomic mass is 19.1. The van der Waals surface area contributed by atoms with Crippen molar-refractivity contribution in [2.75, 3.05) is 0 Å². The fourth-order valence-electron chi connectivity index (χ4n) is 0.520. The zero-order chi connectivity index (χ0) is 8.43. The minimum atomic E-state index is -1.10. The van der Waals surface area contributed by atoms with Crippen molar-refractivity contribution in [3.05, 3.63) is 28.2 Å². The molecule has 0 aliphatic rings. The summed E-state index contributed by atoms with van der Waals surface area (Å²) in [4.78, 5) is 12.2. The van der Waals surface area contributed by atoms with Crippen LogP contribution in [0.1, 0.15) is 0 Å². The van der Waals surface area contributed by atoms with Crippen molar-refractivity contribution in [3.8, 4) is 5.88 Å². The number of nitrogens with zero attached hydrogens (tertiary/aromatic N) is 2. The Morgan fingerprint density at radius 3 is 2.82 bits per heavy atom. The first-order chi connectivity index (χ1) is 5.11. The Morgan fingerprint density at radius 2 is 2.36 bits per heavy atom. The van der Waals surface area contributed by atoms with E-state index in [0.29, 0.717) is 6.07 Å². The predicted octanol–water partition coefficient (Wildman–Crippen LogP) is 0.835. The van der Waals surface area contributed by atoms with E-state index in [0.717, 1.165) is 6.20 Å². The number of halogens is 1. The second-order valence-electron chi connectivity index (χ2n) is 1.76. The van der Waals surface area contributed by atoms with Crippen LogP contribution in [-0.4, -0.2) is 15.0 Å². The highest BCUT2D eigenvalue weighted by molar-refractivity contribution is 5.29. The van der Waals surface area contributed by atoms with E-state index in [1.54, 1.807) is 0 Å². The van der Waals surface area contributed by atoms with Crippen LogP contribution in [0.25, 0.3) is 0 Å². The lowest BCUT2D eigenvalue weighted by molar-refractivity contribution is -0.385. The topological polar surface area (TPSA) is 76.3 Å². The Hall–Kier alpha value is -1.72. The number of aromatic hydroxyl groups is 1. The first-order valence-corrected chi connectivity index (χ1v) is 2.60. The molecule has 0 aliphatic carbocycles. The molecule has 0 aliphatic heterocycles. The van der Waals surface area contributed by atoms with E-state index in [2.05, 4.69) is 4.98 Å². The second-order valence-corrected chi connectivity index (χ2v) is 1.76. The van der Waals surface area contributed by atoms with Crippen molar-refractivity contribution >= 4 is 5.69 Å². The molecule has 0 unspecified atom stereocenters. The Morgan fingerprint density at radius 1 is 1.73 bits per heavy atom. The fraction of sp³-hybridized carbons (Fsp3) is 0. The second kappa shape index (κ2) is 2.49. The van der Waals surface area contributed by atoms with Crippen molar-refractivity contribution in [3.63, 3.8) is 0 Å². The standard InChI is InChI=1S/C5H3FN2O3/c6-4-1-3(8(10)11)2-7-5(4)9/h1-2H,(H,7,9). The van der Waals surface area contributed by atoms with Crippen LogP contribution in [0.2, 0.25) is 0 Å². The van der Waals surface area contributed by atoms with Crippen molar-refractivity contribution in [1.29, 1.82) is 0 Å². The van der Waals surface area contributed by atoms with Gasteiger partial charge in [-0.2, -0.15) is 0 Å². The number of hydrogen-bond donors (Lipinski definition) is 1. The summed E-state index contributed by atoms with van der Waals surface area (Å²) < 4.78 is 12.3. The highest BCUT2D eigenvalue weighted by Gasteiger charge is 2.10. The van der Waals surface area contributed by atoms with Crippen LogP contribution in [0.4, 0.5) is 10.1 Å². The molecule has 0 saturated carbocycles. The zero-order valence-corrected chi connectivity index (χ0v) is 5.19. The van der Waals surface area contributed by atoms with E-state index in [-0.39, 0.29) is 0 Å². The van der Waals surface area contributed by atoms with Gasteiger partial charge < -0.3 is 5.11 Å². The van der Waals surface area contributed by atoms with Crippen LogP contribution < -0.4 is 0 Å². The quantitative estimate of drug-likeness (QED) is 0.485. The monoisotopic (exact) mass is 158 g/mol. The van der Waals surface area contributed by atoms with Crippen molar-refractivity contribution in [2.24, 2.45) is 0 Å². The number of aromatic nitrogens is 1. The Labute approximate surface area is 60.3 Å². The number of rotatable bonds is 1. The van der Waals surface area contributed by atoms with E-state index >= 15 is 0 Å². The van der Waals surface area contributed by atoms with E-state index in [4.69, 9.17) is 5.11 Å². The molecule has 5 nitrogen and oxygen atoms in total. The summed E-state index contributed by atoms with van der Waals surface area (Å²) in [6.07, 6.45) is 0.776. The lowest BCUT2D eigenvalue weighted by Crippen LogP contribution is -1.90. The zero-order valence-electron chi connectivity index (χ0n) is 5.19. The molecule has 1 aromatic heterocycles. The summed E-state index contributed by atoms with van der Waals surface area (Å²) in [7, 11) is 0. The van der Waals surface area contributed by atoms with E-state index < -0.39 is 22.3 Å². The highest BCUT2D eigenvalue weighted by Crippen LogP contribution is 2.16. The Bertz CT molecular complexity index is 302. The average molecular weight is 158 g/mol. The molecule has 0 bridgehead atoms. The molecule has 1 heterocycles. The molecule has 0 aromatic carbocycles. The molecule has 0 amide bonds. The normalized spacial score (nSPS) is 9.55. The molecular formula is C5H3FN2O3. The fourth-order valence-corrected chi connectivity index (χ4v) is 0.520. The third-order valence-electron chi connectivity index (χ3n) is 1.02. The van der Waals surface area contributed by atoms with Gasteiger partial charge in [0.1, 0.15) is 6.20 Å². The molecule has 0 saturated heterocycles. The largest absolute Gasteiger partial charge is 0.491 e. The van der Waals surface area contributed by atoms with E-state index in [9.17, 15) is 14.5 Å². The van der Waals surface area contributed by atoms with Gasteiger partial charge in [-0.1, -0.05) is 0 Å². The summed E-state index contributed by atoms with van der Waals surface area (Å²) in [5, 5.41) is 18.5. The molecule has 0 spiro atoms. The maximum Gasteiger partial charge on any atom is 0.290 e. The van der Waals surface area contributed by atoms with Gasteiger partial charge in [0.15, 0.2) is 5.82 Å². The van der Waals surface area contributed by atoms with Crippen molar-refractivity contribution < 1.29 is 14.4 Å². The maximum absolute atomic E-state index is 12.3. The smallest absolute Gasteiger partial charge is 0.290 e. The van der Waals surface area contributed by atoms with Crippen LogP contribution >= 0.6 is 0 Å². The number of nitro groups is 1. The van der Waals surface area contributed by atoms with Gasteiger partial charge in [-0.3, -0.25) is 10.1 Å². The van der Waals surface area contributed by atoms with Crippen LogP contribution in [-0.2, 0) is 0 Å². The summed E-state index contributed by atoms with van der Waals surface area (Å²) >= 11 is 0. The van der Waals surface area contributed by atoms with Crippen LogP contribution in [0.5, 0.6) is 5.88 Å². The van der Waals surface area contributed by atoms with Gasteiger partial charge in [-0.25, -0.2) is 9.37 Å². The first-order valence-electron chi connectivity index (χ1n) is 2.60. The summed E-state index contributed by atoms with van der Waals surface area (Å²) in [5.41, 5.74) is -0.486. The van der Waals surface area contributed by atoms with E-state index in [1.165, 1.54) is 0 Å². The van der Waals surface area contributed by atoms with Gasteiger partial charge in [0, 0.05) is 0 Å². The minimum Gasteiger partial charge on any atom is -0.491 e. The lowest BCUT2D eigenvalue weighted by atomic mass is 10.4. The van der Waals surface area contributed by atoms with Crippen molar-refractivity contribution in [1.82, 2.24) is 4.98 Å². The predicted molar refractivity (Wildman–Crippen MR) is 32.5 cm³/mol. The summed E-state index contributed by atoms with van der Waals surface area (Å²) in [5.74, 6) is -1.94. The molecule has 58 valence electrons. The summed E-state index contributed by atoms with van der Waals surface area (Å²) in [6.45, 7) is 0. The van der Waals surface area contributed by atoms with Gasteiger partial charge in [-0.15, -0.1) is 0 Å². The molecule has 6 heteroatoms. The van der Waals surface area contributed by atoms with Gasteiger partial charge in [0.2, 0.25) is 5.88 Å². The minimum absolute atomic E-state index is 0.486. The van der Waals surface area contributed by atoms with Gasteiger partial charge in [-0.05, 0) is 0 Å². The van der Waals surface area contributed by atoms with Crippen LogP contribution in [0, 0.1) is 15.9 Å². The van der Waals surface area contributed by atoms with Crippen LogP contribution in [0.15, 0.2) is 12.3 Å². The van der Waals surface area contributed by atoms with E-state index in [1.807, 2.05) is 0 Å². The van der Waals surface area contributed by atoms with Gasteiger partial charge in [0.25, 0.3) is 5.69 Å². The third kappa shape index (κ3) is 1.40. The maximum atomic E-state index is 12.3. The Kier molecular flexibility index (Phi) is 1.67. The first kappa shape index (κ1) is 7.39. The lowest BCUT2D eigenvalue weighted by Gasteiger charge is -1.92. The molecule has 1 N–H and O–H groups in total. The molecular weight excluding hydrogens is 155 g/mol. The molecule has 0 radical (unpaired) electrons. The van der Waals surface area contributed by atoms with Crippen molar-refractivity contribution in [2.45, 2.75) is 0 Å². The molecule has 0 atom stereocenters. The molecule has 1 rings (SSSR count). The van der Waals surface area contributed by atoms with Crippen LogP contribution in [0.3, 0.4) is 0 Å². The molecule has 11 heavy (non-hydrogen) atoms. The SMILES string of the molecule is O=[N+]([O-])c1cnc(O)c(F)c1. The molecule has 1 aromatic rings. The third-order valence-corrected chi connectivity index (χ3v) is 1.02. The van der Waals surface area contributed by atoms with Gasteiger partial charge in [0.05, 0.1) is 11.0 Å². The Balaban J connectivity index is 3.15. The van der Waals surface area contributed by atoms with Gasteiger partial charge >= 0.3 is 0 Å². The number of pyridine rings is 1. The summed E-state index contributed by atoms with van der Waals surface area (Å²) in [6, 6.07) is 0.600.